The third-order valence-electron chi connectivity index (χ3n) is 6.52. The number of carbonyl (C=O) groups excluding carboxylic acids is 3. The molecular formula is C27H30FN5O3. The summed E-state index contributed by atoms with van der Waals surface area (Å²) in [7, 11) is 0. The Labute approximate surface area is 209 Å². The Morgan fingerprint density at radius 3 is 2.53 bits per heavy atom. The molecule has 1 aliphatic heterocycles. The first kappa shape index (κ1) is 25.1. The number of halogens is 1. The number of anilines is 1. The highest BCUT2D eigenvalue weighted by molar-refractivity contribution is 6.11. The molecule has 8 nitrogen and oxygen atoms in total. The summed E-state index contributed by atoms with van der Waals surface area (Å²) < 4.78 is 14.8. The van der Waals surface area contributed by atoms with Crippen LogP contribution >= 0.6 is 0 Å². The van der Waals surface area contributed by atoms with Crippen LogP contribution in [0.2, 0.25) is 0 Å². The predicted octanol–water partition coefficient (Wildman–Crippen LogP) is 3.78. The summed E-state index contributed by atoms with van der Waals surface area (Å²) in [4.78, 5) is 45.9. The number of nitrogens with one attached hydrogen (secondary N) is 2. The molecule has 2 heterocycles. The fourth-order valence-corrected chi connectivity index (χ4v) is 4.53. The second-order valence-electron chi connectivity index (χ2n) is 9.07. The van der Waals surface area contributed by atoms with Gasteiger partial charge in [-0.15, -0.1) is 0 Å². The number of aromatic nitrogens is 2. The van der Waals surface area contributed by atoms with E-state index in [1.807, 2.05) is 38.1 Å². The van der Waals surface area contributed by atoms with Crippen LogP contribution in [0.4, 0.5) is 10.1 Å². The lowest BCUT2D eigenvalue weighted by Crippen LogP contribution is -2.64. The Morgan fingerprint density at radius 1 is 1.11 bits per heavy atom. The summed E-state index contributed by atoms with van der Waals surface area (Å²) in [6.07, 6.45) is 2.81. The molecular weight excluding hydrogens is 461 g/mol. The van der Waals surface area contributed by atoms with Crippen LogP contribution in [0.1, 0.15) is 59.3 Å². The van der Waals surface area contributed by atoms with E-state index in [4.69, 9.17) is 0 Å². The molecule has 3 aromatic rings. The first-order valence-electron chi connectivity index (χ1n) is 12.1. The number of rotatable bonds is 8. The molecule has 0 fully saturated rings. The quantitative estimate of drug-likeness (QED) is 0.501. The van der Waals surface area contributed by atoms with Gasteiger partial charge >= 0.3 is 0 Å². The molecule has 0 radical (unpaired) electrons. The Morgan fingerprint density at radius 2 is 1.83 bits per heavy atom. The van der Waals surface area contributed by atoms with Gasteiger partial charge in [0.25, 0.3) is 11.8 Å². The summed E-state index contributed by atoms with van der Waals surface area (Å²) in [6.45, 7) is 6.31. The van der Waals surface area contributed by atoms with E-state index in [0.717, 1.165) is 17.5 Å². The number of para-hydroxylation sites is 1. The lowest BCUT2D eigenvalue weighted by Gasteiger charge is -2.43. The van der Waals surface area contributed by atoms with Crippen molar-refractivity contribution in [2.24, 2.45) is 0 Å². The Hall–Kier alpha value is -4.01. The number of hydrogen-bond donors (Lipinski definition) is 2. The molecule has 0 saturated heterocycles. The lowest BCUT2D eigenvalue weighted by atomic mass is 9.93. The molecule has 0 unspecified atom stereocenters. The van der Waals surface area contributed by atoms with Gasteiger partial charge in [-0.25, -0.2) is 9.37 Å². The van der Waals surface area contributed by atoms with Gasteiger partial charge in [0.15, 0.2) is 5.69 Å². The summed E-state index contributed by atoms with van der Waals surface area (Å²) in [6, 6.07) is 13.4. The second-order valence-corrected chi connectivity index (χ2v) is 9.07. The van der Waals surface area contributed by atoms with Crippen molar-refractivity contribution in [2.75, 3.05) is 11.9 Å². The van der Waals surface area contributed by atoms with Gasteiger partial charge in [-0.1, -0.05) is 44.2 Å². The summed E-state index contributed by atoms with van der Waals surface area (Å²) >= 11 is 0. The Kier molecular flexibility index (Phi) is 7.19. The molecule has 188 valence electrons. The predicted molar refractivity (Wildman–Crippen MR) is 134 cm³/mol. The van der Waals surface area contributed by atoms with Gasteiger partial charge in [0, 0.05) is 18.8 Å². The van der Waals surface area contributed by atoms with E-state index in [9.17, 15) is 18.8 Å². The van der Waals surface area contributed by atoms with E-state index >= 15 is 0 Å². The molecule has 3 amide bonds. The molecule has 4 rings (SSSR count). The molecule has 2 N–H and O–H groups in total. The molecule has 1 aliphatic rings. The van der Waals surface area contributed by atoms with Crippen molar-refractivity contribution in [1.82, 2.24) is 19.8 Å². The highest BCUT2D eigenvalue weighted by Gasteiger charge is 2.48. The molecule has 0 aliphatic carbocycles. The normalized spacial score (nSPS) is 17.0. The average molecular weight is 492 g/mol. The van der Waals surface area contributed by atoms with Gasteiger partial charge in [-0.05, 0) is 49.1 Å². The van der Waals surface area contributed by atoms with Gasteiger partial charge in [0.05, 0.1) is 12.9 Å². The van der Waals surface area contributed by atoms with Crippen molar-refractivity contribution < 1.29 is 18.8 Å². The fraction of sp³-hybridized carbons (Fsp3) is 0.333. The monoisotopic (exact) mass is 491 g/mol. The van der Waals surface area contributed by atoms with Crippen LogP contribution in [-0.2, 0) is 24.3 Å². The van der Waals surface area contributed by atoms with Crippen LogP contribution in [0.15, 0.2) is 54.9 Å². The number of benzene rings is 2. The smallest absolute Gasteiger partial charge is 0.276 e. The minimum Gasteiger partial charge on any atom is -0.350 e. The topological polar surface area (TPSA) is 96.3 Å². The van der Waals surface area contributed by atoms with Gasteiger partial charge in [-0.2, -0.15) is 0 Å². The van der Waals surface area contributed by atoms with Crippen LogP contribution in [-0.4, -0.2) is 44.3 Å². The fourth-order valence-electron chi connectivity index (χ4n) is 4.53. The molecule has 0 spiro atoms. The van der Waals surface area contributed by atoms with E-state index < -0.39 is 17.4 Å². The lowest BCUT2D eigenvalue weighted by molar-refractivity contribution is -0.133. The van der Waals surface area contributed by atoms with Gasteiger partial charge in [-0.3, -0.25) is 14.4 Å². The molecule has 36 heavy (non-hydrogen) atoms. The maximum Gasteiger partial charge on any atom is 0.276 e. The van der Waals surface area contributed by atoms with Crippen LogP contribution in [0.5, 0.6) is 0 Å². The van der Waals surface area contributed by atoms with Crippen LogP contribution in [0, 0.1) is 5.82 Å². The third kappa shape index (κ3) is 4.73. The Bertz CT molecular complexity index is 1290. The summed E-state index contributed by atoms with van der Waals surface area (Å²) in [5.74, 6) is -1.58. The number of fused-ring (bicyclic) bond motifs is 1. The number of hydrogen-bond acceptors (Lipinski definition) is 4. The number of nitrogens with zero attached hydrogens (tertiary/aromatic N) is 3. The zero-order chi connectivity index (χ0) is 25.9. The maximum atomic E-state index is 13.7. The van der Waals surface area contributed by atoms with Gasteiger partial charge in [0.2, 0.25) is 5.91 Å². The van der Waals surface area contributed by atoms with E-state index in [1.165, 1.54) is 23.4 Å². The first-order valence-corrected chi connectivity index (χ1v) is 12.1. The number of imidazole rings is 1. The molecule has 9 heteroatoms. The van der Waals surface area contributed by atoms with E-state index in [0.29, 0.717) is 18.7 Å². The minimum atomic E-state index is -1.19. The van der Waals surface area contributed by atoms with Gasteiger partial charge < -0.3 is 20.1 Å². The summed E-state index contributed by atoms with van der Waals surface area (Å²) in [5, 5.41) is 5.75. The standard InChI is InChI=1S/C27H30FN5O3/c1-4-14-33-25(35)23-22(24(34)31-21-9-7-6-8-19(21)5-2)30-17-32(23)16-27(33,3)26(36)29-15-18-10-12-20(28)13-11-18/h6-13,17H,4-5,14-16H2,1-3H3,(H,29,36)(H,31,34)/t27-/m1/s1. The molecule has 1 atom stereocenters. The van der Waals surface area contributed by atoms with Crippen LogP contribution < -0.4 is 10.6 Å². The van der Waals surface area contributed by atoms with Crippen LogP contribution in [0.3, 0.4) is 0 Å². The summed E-state index contributed by atoms with van der Waals surface area (Å²) in [5.41, 5.74) is 1.39. The van der Waals surface area contributed by atoms with E-state index in [2.05, 4.69) is 15.6 Å². The van der Waals surface area contributed by atoms with Crippen molar-refractivity contribution in [3.8, 4) is 0 Å². The van der Waals surface area contributed by atoms with Crippen LogP contribution in [0.25, 0.3) is 0 Å². The SMILES string of the molecule is CCCN1C(=O)c2c(C(=O)Nc3ccccc3CC)ncn2C[C@]1(C)C(=O)NCc1ccc(F)cc1. The molecule has 0 saturated carbocycles. The average Bonchev–Trinajstić information content (AvgIpc) is 3.30. The zero-order valence-electron chi connectivity index (χ0n) is 20.7. The highest BCUT2D eigenvalue weighted by atomic mass is 19.1. The minimum absolute atomic E-state index is 0.0285. The highest BCUT2D eigenvalue weighted by Crippen LogP contribution is 2.30. The third-order valence-corrected chi connectivity index (χ3v) is 6.52. The first-order chi connectivity index (χ1) is 17.3. The molecule has 2 aromatic carbocycles. The maximum absolute atomic E-state index is 13.7. The zero-order valence-corrected chi connectivity index (χ0v) is 20.7. The molecule has 1 aromatic heterocycles. The second kappa shape index (κ2) is 10.3. The van der Waals surface area contributed by atoms with Crippen molar-refractivity contribution in [3.05, 3.63) is 83.2 Å². The largest absolute Gasteiger partial charge is 0.350 e. The van der Waals surface area contributed by atoms with Crippen molar-refractivity contribution in [1.29, 1.82) is 0 Å². The number of amides is 3. The van der Waals surface area contributed by atoms with Crippen molar-refractivity contribution >= 4 is 23.4 Å². The van der Waals surface area contributed by atoms with Crippen molar-refractivity contribution in [3.63, 3.8) is 0 Å². The molecule has 0 bridgehead atoms. The van der Waals surface area contributed by atoms with Crippen molar-refractivity contribution in [2.45, 2.75) is 52.2 Å². The number of aryl methyl sites for hydroxylation is 1. The van der Waals surface area contributed by atoms with E-state index in [1.54, 1.807) is 23.6 Å². The number of carbonyl (C=O) groups is 3. The Balaban J connectivity index is 1.59. The van der Waals surface area contributed by atoms with E-state index in [-0.39, 0.29) is 36.2 Å². The van der Waals surface area contributed by atoms with Gasteiger partial charge in [0.1, 0.15) is 17.1 Å².